The zero-order chi connectivity index (χ0) is 15.5. The van der Waals surface area contributed by atoms with Gasteiger partial charge < -0.3 is 19.1 Å². The van der Waals surface area contributed by atoms with Gasteiger partial charge in [-0.15, -0.1) is 0 Å². The number of morpholine rings is 1. The monoisotopic (exact) mass is 293 g/mol. The third-order valence-corrected chi connectivity index (χ3v) is 3.75. The van der Waals surface area contributed by atoms with Gasteiger partial charge in [0.15, 0.2) is 11.5 Å². The fourth-order valence-corrected chi connectivity index (χ4v) is 2.58. The Morgan fingerprint density at radius 3 is 2.62 bits per heavy atom. The van der Waals surface area contributed by atoms with Crippen LogP contribution < -0.4 is 9.47 Å². The summed E-state index contributed by atoms with van der Waals surface area (Å²) in [5.41, 5.74) is 0.659. The number of rotatable bonds is 4. The molecule has 2 rings (SSSR count). The minimum atomic E-state index is -0.258. The highest BCUT2D eigenvalue weighted by Gasteiger charge is 2.33. The van der Waals surface area contributed by atoms with Gasteiger partial charge in [0, 0.05) is 6.54 Å². The van der Waals surface area contributed by atoms with Crippen LogP contribution in [0.2, 0.25) is 0 Å². The molecule has 1 fully saturated rings. The van der Waals surface area contributed by atoms with Crippen LogP contribution in [0.25, 0.3) is 0 Å². The molecule has 0 aromatic heterocycles. The van der Waals surface area contributed by atoms with E-state index in [1.807, 2.05) is 36.9 Å². The fourth-order valence-electron chi connectivity index (χ4n) is 2.58. The molecule has 5 nitrogen and oxygen atoms in total. The molecular formula is C16H23NO4. The average molecular weight is 293 g/mol. The number of methoxy groups -OCH3 is 2. The molecular weight excluding hydrogens is 270 g/mol. The van der Waals surface area contributed by atoms with E-state index in [4.69, 9.17) is 14.2 Å². The predicted octanol–water partition coefficient (Wildman–Crippen LogP) is 1.88. The fraction of sp³-hybridized carbons (Fsp3) is 0.562. The van der Waals surface area contributed by atoms with Crippen LogP contribution in [0.15, 0.2) is 18.2 Å². The first kappa shape index (κ1) is 15.6. The Balaban J connectivity index is 2.12. The number of nitrogens with zero attached hydrogens (tertiary/aromatic N) is 1. The van der Waals surface area contributed by atoms with Gasteiger partial charge in [-0.25, -0.2) is 0 Å². The van der Waals surface area contributed by atoms with Crippen molar-refractivity contribution in [1.82, 2.24) is 4.90 Å². The first-order valence-electron chi connectivity index (χ1n) is 7.07. The largest absolute Gasteiger partial charge is 0.493 e. The summed E-state index contributed by atoms with van der Waals surface area (Å²) in [6.45, 7) is 5.86. The lowest BCUT2D eigenvalue weighted by molar-refractivity contribution is -0.145. The predicted molar refractivity (Wildman–Crippen MR) is 79.9 cm³/mol. The van der Waals surface area contributed by atoms with Crippen LogP contribution in [0.5, 0.6) is 11.5 Å². The molecule has 0 saturated carbocycles. The number of amides is 1. The highest BCUT2D eigenvalue weighted by atomic mass is 16.5. The summed E-state index contributed by atoms with van der Waals surface area (Å²) in [6.07, 6.45) is 0.351. The number of hydrogen-bond acceptors (Lipinski definition) is 4. The van der Waals surface area contributed by atoms with Gasteiger partial charge >= 0.3 is 0 Å². The molecule has 1 aromatic carbocycles. The average Bonchev–Trinajstić information content (AvgIpc) is 2.46. The van der Waals surface area contributed by atoms with E-state index in [-0.39, 0.29) is 11.4 Å². The minimum Gasteiger partial charge on any atom is -0.493 e. The van der Waals surface area contributed by atoms with Crippen LogP contribution in [0.3, 0.4) is 0 Å². The van der Waals surface area contributed by atoms with Gasteiger partial charge in [0.1, 0.15) is 0 Å². The second-order valence-corrected chi connectivity index (χ2v) is 5.78. The van der Waals surface area contributed by atoms with E-state index in [1.165, 1.54) is 0 Å². The van der Waals surface area contributed by atoms with Gasteiger partial charge in [0.25, 0.3) is 0 Å². The SMILES string of the molecule is COc1ccc(CC(=O)N2CCOCC2(C)C)cc1OC. The number of ether oxygens (including phenoxy) is 3. The summed E-state index contributed by atoms with van der Waals surface area (Å²) >= 11 is 0. The number of hydrogen-bond donors (Lipinski definition) is 0. The van der Waals surface area contributed by atoms with Crippen molar-refractivity contribution in [3.63, 3.8) is 0 Å². The maximum atomic E-state index is 12.5. The van der Waals surface area contributed by atoms with Crippen LogP contribution >= 0.6 is 0 Å². The first-order chi connectivity index (χ1) is 9.97. The van der Waals surface area contributed by atoms with Crippen LogP contribution in [-0.4, -0.2) is 50.3 Å². The van der Waals surface area contributed by atoms with Crippen molar-refractivity contribution in [2.75, 3.05) is 34.0 Å². The van der Waals surface area contributed by atoms with Gasteiger partial charge in [0.05, 0.1) is 39.4 Å². The highest BCUT2D eigenvalue weighted by molar-refractivity contribution is 5.80. The van der Waals surface area contributed by atoms with Crippen LogP contribution in [0.1, 0.15) is 19.4 Å². The maximum Gasteiger partial charge on any atom is 0.227 e. The van der Waals surface area contributed by atoms with E-state index in [0.717, 1.165) is 5.56 Å². The Kier molecular flexibility index (Phi) is 4.73. The third-order valence-electron chi connectivity index (χ3n) is 3.75. The van der Waals surface area contributed by atoms with E-state index in [1.54, 1.807) is 14.2 Å². The Bertz CT molecular complexity index is 513. The molecule has 1 aliphatic rings. The van der Waals surface area contributed by atoms with E-state index >= 15 is 0 Å². The number of benzene rings is 1. The van der Waals surface area contributed by atoms with Crippen molar-refractivity contribution >= 4 is 5.91 Å². The van der Waals surface area contributed by atoms with Gasteiger partial charge in [0.2, 0.25) is 5.91 Å². The molecule has 1 amide bonds. The van der Waals surface area contributed by atoms with Crippen molar-refractivity contribution in [2.45, 2.75) is 25.8 Å². The molecule has 5 heteroatoms. The van der Waals surface area contributed by atoms with Crippen molar-refractivity contribution in [2.24, 2.45) is 0 Å². The first-order valence-corrected chi connectivity index (χ1v) is 7.07. The van der Waals surface area contributed by atoms with Crippen molar-refractivity contribution in [1.29, 1.82) is 0 Å². The van der Waals surface area contributed by atoms with E-state index < -0.39 is 0 Å². The standard InChI is InChI=1S/C16H23NO4/c1-16(2)11-21-8-7-17(16)15(18)10-12-5-6-13(19-3)14(9-12)20-4/h5-6,9H,7-8,10-11H2,1-4H3. The summed E-state index contributed by atoms with van der Waals surface area (Å²) in [7, 11) is 3.19. The topological polar surface area (TPSA) is 48.0 Å². The molecule has 1 heterocycles. The van der Waals surface area contributed by atoms with Gasteiger partial charge in [-0.2, -0.15) is 0 Å². The summed E-state index contributed by atoms with van der Waals surface area (Å²) in [5.74, 6) is 1.42. The molecule has 0 bridgehead atoms. The smallest absolute Gasteiger partial charge is 0.227 e. The molecule has 21 heavy (non-hydrogen) atoms. The number of carbonyl (C=O) groups is 1. The molecule has 0 atom stereocenters. The van der Waals surface area contributed by atoms with Gasteiger partial charge in [-0.05, 0) is 31.5 Å². The van der Waals surface area contributed by atoms with E-state index in [2.05, 4.69) is 0 Å². The van der Waals surface area contributed by atoms with Crippen molar-refractivity contribution < 1.29 is 19.0 Å². The lowest BCUT2D eigenvalue weighted by atomic mass is 10.0. The molecule has 116 valence electrons. The lowest BCUT2D eigenvalue weighted by Crippen LogP contribution is -2.55. The normalized spacial score (nSPS) is 17.4. The second kappa shape index (κ2) is 6.35. The van der Waals surface area contributed by atoms with Crippen molar-refractivity contribution in [3.05, 3.63) is 23.8 Å². The molecule has 0 aliphatic carbocycles. The number of carbonyl (C=O) groups excluding carboxylic acids is 1. The second-order valence-electron chi connectivity index (χ2n) is 5.78. The molecule has 1 aliphatic heterocycles. The minimum absolute atomic E-state index is 0.107. The zero-order valence-corrected chi connectivity index (χ0v) is 13.1. The molecule has 1 aromatic rings. The van der Waals surface area contributed by atoms with Crippen LogP contribution in [0, 0.1) is 0 Å². The van der Waals surface area contributed by atoms with Gasteiger partial charge in [-0.1, -0.05) is 6.07 Å². The Hall–Kier alpha value is -1.75. The summed E-state index contributed by atoms with van der Waals surface area (Å²) in [6, 6.07) is 5.57. The van der Waals surface area contributed by atoms with Gasteiger partial charge in [-0.3, -0.25) is 4.79 Å². The maximum absolute atomic E-state index is 12.5. The Labute approximate surface area is 125 Å². The van der Waals surface area contributed by atoms with Crippen LogP contribution in [0.4, 0.5) is 0 Å². The van der Waals surface area contributed by atoms with Crippen molar-refractivity contribution in [3.8, 4) is 11.5 Å². The summed E-state index contributed by atoms with van der Waals surface area (Å²) in [4.78, 5) is 14.4. The molecule has 0 spiro atoms. The Morgan fingerprint density at radius 2 is 2.00 bits per heavy atom. The quantitative estimate of drug-likeness (QED) is 0.850. The van der Waals surface area contributed by atoms with E-state index in [0.29, 0.717) is 37.7 Å². The third kappa shape index (κ3) is 3.47. The molecule has 0 N–H and O–H groups in total. The highest BCUT2D eigenvalue weighted by Crippen LogP contribution is 2.28. The summed E-state index contributed by atoms with van der Waals surface area (Å²) < 4.78 is 15.9. The van der Waals surface area contributed by atoms with Crippen LogP contribution in [-0.2, 0) is 16.0 Å². The lowest BCUT2D eigenvalue weighted by Gasteiger charge is -2.42. The zero-order valence-electron chi connectivity index (χ0n) is 13.1. The summed E-state index contributed by atoms with van der Waals surface area (Å²) in [5, 5.41) is 0. The Morgan fingerprint density at radius 1 is 1.29 bits per heavy atom. The molecule has 1 saturated heterocycles. The van der Waals surface area contributed by atoms with E-state index in [9.17, 15) is 4.79 Å². The molecule has 0 radical (unpaired) electrons. The molecule has 0 unspecified atom stereocenters.